The monoisotopic (exact) mass is 425 g/mol. The van der Waals surface area contributed by atoms with Crippen LogP contribution in [0, 0.1) is 5.92 Å². The van der Waals surface area contributed by atoms with Crippen molar-refractivity contribution in [2.75, 3.05) is 26.2 Å². The van der Waals surface area contributed by atoms with E-state index in [-0.39, 0.29) is 11.7 Å². The zero-order valence-corrected chi connectivity index (χ0v) is 19.0. The summed E-state index contributed by atoms with van der Waals surface area (Å²) in [4.78, 5) is 16.9. The smallest absolute Gasteiger partial charge is 0.226 e. The van der Waals surface area contributed by atoms with E-state index in [9.17, 15) is 9.90 Å². The Balaban J connectivity index is 1.55. The summed E-state index contributed by atoms with van der Waals surface area (Å²) in [7, 11) is 0. The molecule has 1 aliphatic rings. The predicted molar refractivity (Wildman–Crippen MR) is 123 cm³/mol. The average molecular weight is 426 g/mol. The molecule has 1 saturated heterocycles. The maximum atomic E-state index is 13.3. The highest BCUT2D eigenvalue weighted by Gasteiger charge is 2.30. The molecular weight excluding hydrogens is 388 g/mol. The van der Waals surface area contributed by atoms with Crippen molar-refractivity contribution in [3.8, 4) is 11.5 Å². The average Bonchev–Trinajstić information content (AvgIpc) is 2.80. The molecule has 31 heavy (non-hydrogen) atoms. The molecule has 5 heteroatoms. The molecule has 1 aliphatic heterocycles. The highest BCUT2D eigenvalue weighted by molar-refractivity contribution is 5.79. The standard InChI is InChI=1S/C26H36N2O3/c1-3-5-15-28(20-21-9-7-6-8-10-21)26(30)23-13-16-27(17-14-23)19-22-11-12-24(29)25(18-22)31-4-2/h6-12,18,23,29H,3-5,13-17,19-20H2,1-2H3/p+1. The summed E-state index contributed by atoms with van der Waals surface area (Å²) in [5.74, 6) is 1.19. The van der Waals surface area contributed by atoms with Crippen LogP contribution >= 0.6 is 0 Å². The molecule has 0 aliphatic carbocycles. The van der Waals surface area contributed by atoms with E-state index in [4.69, 9.17) is 4.74 Å². The van der Waals surface area contributed by atoms with Gasteiger partial charge in [0.25, 0.3) is 0 Å². The maximum absolute atomic E-state index is 13.3. The lowest BCUT2D eigenvalue weighted by Crippen LogP contribution is -3.11. The Bertz CT molecular complexity index is 817. The van der Waals surface area contributed by atoms with Crippen LogP contribution in [-0.2, 0) is 17.9 Å². The minimum atomic E-state index is 0.128. The van der Waals surface area contributed by atoms with Gasteiger partial charge in [0.15, 0.2) is 11.5 Å². The number of carbonyl (C=O) groups is 1. The number of phenols is 1. The second-order valence-corrected chi connectivity index (χ2v) is 8.54. The topological polar surface area (TPSA) is 54.2 Å². The summed E-state index contributed by atoms with van der Waals surface area (Å²) in [5.41, 5.74) is 2.36. The Morgan fingerprint density at radius 3 is 2.52 bits per heavy atom. The number of phenolic OH excluding ortho intramolecular Hbond substituents is 1. The number of quaternary nitrogens is 1. The van der Waals surface area contributed by atoms with Crippen LogP contribution in [0.4, 0.5) is 0 Å². The number of hydrogen-bond acceptors (Lipinski definition) is 3. The number of nitrogens with one attached hydrogen (secondary N) is 1. The first-order chi connectivity index (χ1) is 15.1. The fourth-order valence-corrected chi connectivity index (χ4v) is 4.36. The molecule has 0 radical (unpaired) electrons. The van der Waals surface area contributed by atoms with Crippen molar-refractivity contribution in [2.45, 2.75) is 52.6 Å². The number of likely N-dealkylation sites (tertiary alicyclic amines) is 1. The van der Waals surface area contributed by atoms with Crippen molar-refractivity contribution < 1.29 is 19.5 Å². The lowest BCUT2D eigenvalue weighted by Gasteiger charge is -2.32. The first-order valence-corrected chi connectivity index (χ1v) is 11.7. The van der Waals surface area contributed by atoms with E-state index in [0.717, 1.165) is 57.4 Å². The Kier molecular flexibility index (Phi) is 8.77. The summed E-state index contributed by atoms with van der Waals surface area (Å²) >= 11 is 0. The summed E-state index contributed by atoms with van der Waals surface area (Å²) in [6.45, 7) is 9.06. The Labute approximate surface area is 186 Å². The molecule has 0 bridgehead atoms. The van der Waals surface area contributed by atoms with Crippen molar-refractivity contribution in [3.63, 3.8) is 0 Å². The quantitative estimate of drug-likeness (QED) is 0.613. The van der Waals surface area contributed by atoms with Crippen LogP contribution < -0.4 is 9.64 Å². The second kappa shape index (κ2) is 11.8. The van der Waals surface area contributed by atoms with Gasteiger partial charge in [0.05, 0.1) is 19.7 Å². The molecule has 168 valence electrons. The van der Waals surface area contributed by atoms with Gasteiger partial charge < -0.3 is 19.6 Å². The van der Waals surface area contributed by atoms with Gasteiger partial charge in [0, 0.05) is 37.4 Å². The molecule has 1 fully saturated rings. The van der Waals surface area contributed by atoms with E-state index in [2.05, 4.69) is 24.0 Å². The van der Waals surface area contributed by atoms with Crippen molar-refractivity contribution >= 4 is 5.91 Å². The molecule has 2 aromatic rings. The largest absolute Gasteiger partial charge is 0.504 e. The van der Waals surface area contributed by atoms with Gasteiger partial charge in [0.1, 0.15) is 6.54 Å². The summed E-state index contributed by atoms with van der Waals surface area (Å²) in [5, 5.41) is 9.91. The molecule has 0 atom stereocenters. The minimum absolute atomic E-state index is 0.128. The molecule has 5 nitrogen and oxygen atoms in total. The number of amides is 1. The molecule has 3 rings (SSSR count). The van der Waals surface area contributed by atoms with E-state index < -0.39 is 0 Å². The highest BCUT2D eigenvalue weighted by atomic mass is 16.5. The number of hydrogen-bond donors (Lipinski definition) is 2. The molecule has 1 heterocycles. The van der Waals surface area contributed by atoms with Crippen LogP contribution in [0.5, 0.6) is 11.5 Å². The molecule has 0 saturated carbocycles. The molecule has 0 unspecified atom stereocenters. The lowest BCUT2D eigenvalue weighted by atomic mass is 9.94. The van der Waals surface area contributed by atoms with E-state index in [1.165, 1.54) is 10.5 Å². The third-order valence-corrected chi connectivity index (χ3v) is 6.13. The Morgan fingerprint density at radius 1 is 1.10 bits per heavy atom. The number of aromatic hydroxyl groups is 1. The zero-order chi connectivity index (χ0) is 22.1. The fourth-order valence-electron chi connectivity index (χ4n) is 4.36. The number of piperidine rings is 1. The second-order valence-electron chi connectivity index (χ2n) is 8.54. The molecule has 0 spiro atoms. The van der Waals surface area contributed by atoms with Crippen molar-refractivity contribution in [2.24, 2.45) is 5.92 Å². The van der Waals surface area contributed by atoms with Crippen LogP contribution in [0.3, 0.4) is 0 Å². The van der Waals surface area contributed by atoms with E-state index >= 15 is 0 Å². The first-order valence-electron chi connectivity index (χ1n) is 11.7. The molecular formula is C26H37N2O3+. The number of benzene rings is 2. The number of carbonyl (C=O) groups excluding carboxylic acids is 1. The molecule has 1 amide bonds. The Hall–Kier alpha value is -2.53. The maximum Gasteiger partial charge on any atom is 0.226 e. The third kappa shape index (κ3) is 6.73. The normalized spacial score (nSPS) is 18.5. The fraction of sp³-hybridized carbons (Fsp3) is 0.500. The number of ether oxygens (including phenoxy) is 1. The van der Waals surface area contributed by atoms with Gasteiger partial charge in [-0.25, -0.2) is 0 Å². The van der Waals surface area contributed by atoms with Gasteiger partial charge in [-0.15, -0.1) is 0 Å². The summed E-state index contributed by atoms with van der Waals surface area (Å²) in [6.07, 6.45) is 4.01. The summed E-state index contributed by atoms with van der Waals surface area (Å²) < 4.78 is 5.51. The number of rotatable bonds is 10. The van der Waals surface area contributed by atoms with Gasteiger partial charge in [-0.2, -0.15) is 0 Å². The Morgan fingerprint density at radius 2 is 1.84 bits per heavy atom. The zero-order valence-electron chi connectivity index (χ0n) is 19.0. The van der Waals surface area contributed by atoms with Crippen LogP contribution in [0.2, 0.25) is 0 Å². The predicted octanol–water partition coefficient (Wildman–Crippen LogP) is 3.41. The van der Waals surface area contributed by atoms with E-state index in [1.807, 2.05) is 37.3 Å². The van der Waals surface area contributed by atoms with Crippen LogP contribution in [0.1, 0.15) is 50.7 Å². The number of unbranched alkanes of at least 4 members (excludes halogenated alkanes) is 1. The van der Waals surface area contributed by atoms with Gasteiger partial charge in [-0.1, -0.05) is 43.7 Å². The SMILES string of the molecule is CCCCN(Cc1ccccc1)C(=O)C1CC[NH+](Cc2ccc(O)c(OCC)c2)CC1. The van der Waals surface area contributed by atoms with Gasteiger partial charge >= 0.3 is 0 Å². The van der Waals surface area contributed by atoms with Crippen molar-refractivity contribution in [1.29, 1.82) is 0 Å². The van der Waals surface area contributed by atoms with Crippen LogP contribution in [-0.4, -0.2) is 42.2 Å². The van der Waals surface area contributed by atoms with Crippen LogP contribution in [0.15, 0.2) is 48.5 Å². The third-order valence-electron chi connectivity index (χ3n) is 6.13. The van der Waals surface area contributed by atoms with Gasteiger partial charge in [-0.3, -0.25) is 4.79 Å². The first kappa shape index (κ1) is 23.1. The molecule has 2 N–H and O–H groups in total. The van der Waals surface area contributed by atoms with Gasteiger partial charge in [0.2, 0.25) is 5.91 Å². The van der Waals surface area contributed by atoms with E-state index in [0.29, 0.717) is 24.8 Å². The van der Waals surface area contributed by atoms with Crippen LogP contribution in [0.25, 0.3) is 0 Å². The van der Waals surface area contributed by atoms with Gasteiger partial charge in [-0.05, 0) is 37.1 Å². The minimum Gasteiger partial charge on any atom is -0.504 e. The lowest BCUT2D eigenvalue weighted by molar-refractivity contribution is -0.919. The van der Waals surface area contributed by atoms with E-state index in [1.54, 1.807) is 6.07 Å². The van der Waals surface area contributed by atoms with Crippen molar-refractivity contribution in [1.82, 2.24) is 4.90 Å². The number of nitrogens with zero attached hydrogens (tertiary/aromatic N) is 1. The highest BCUT2D eigenvalue weighted by Crippen LogP contribution is 2.26. The van der Waals surface area contributed by atoms with Crippen molar-refractivity contribution in [3.05, 3.63) is 59.7 Å². The summed E-state index contributed by atoms with van der Waals surface area (Å²) in [6, 6.07) is 15.9. The molecule has 0 aromatic heterocycles. The molecule has 2 aromatic carbocycles.